The summed E-state index contributed by atoms with van der Waals surface area (Å²) >= 11 is 0. The maximum Gasteiger partial charge on any atom is 0.0664 e. The van der Waals surface area contributed by atoms with Gasteiger partial charge in [-0.2, -0.15) is 0 Å². The summed E-state index contributed by atoms with van der Waals surface area (Å²) in [6, 6.07) is 12.1. The van der Waals surface area contributed by atoms with E-state index in [1.807, 2.05) is 30.5 Å². The molecule has 17 heavy (non-hydrogen) atoms. The minimum Gasteiger partial charge on any atom is -0.265 e. The molecule has 2 rings (SSSR count). The summed E-state index contributed by atoms with van der Waals surface area (Å²) in [5.74, 6) is 0.487. The van der Waals surface area contributed by atoms with Crippen molar-refractivity contribution in [1.82, 2.24) is 4.98 Å². The first-order chi connectivity index (χ1) is 8.27. The van der Waals surface area contributed by atoms with Gasteiger partial charge in [0, 0.05) is 18.6 Å². The van der Waals surface area contributed by atoms with Crippen LogP contribution in [-0.2, 0) is 0 Å². The molecule has 0 atom stereocenters. The summed E-state index contributed by atoms with van der Waals surface area (Å²) in [6.07, 6.45) is 5.42. The summed E-state index contributed by atoms with van der Waals surface area (Å²) in [4.78, 5) is 8.53. The molecule has 0 N–H and O–H groups in total. The van der Waals surface area contributed by atoms with E-state index in [9.17, 15) is 0 Å². The highest BCUT2D eigenvalue weighted by atomic mass is 14.7. The first-order valence-corrected chi connectivity index (χ1v) is 5.80. The van der Waals surface area contributed by atoms with Crippen LogP contribution in [0.15, 0.2) is 53.8 Å². The SMILES string of the molecule is CC(C)c1ccccc1N=Cc1ccncc1. The van der Waals surface area contributed by atoms with Crippen LogP contribution < -0.4 is 0 Å². The number of benzene rings is 1. The third-order valence-electron chi connectivity index (χ3n) is 2.62. The van der Waals surface area contributed by atoms with E-state index >= 15 is 0 Å². The topological polar surface area (TPSA) is 25.2 Å². The number of hydrogen-bond donors (Lipinski definition) is 0. The average Bonchev–Trinajstić information content (AvgIpc) is 2.38. The molecule has 2 nitrogen and oxygen atoms in total. The van der Waals surface area contributed by atoms with Gasteiger partial charge < -0.3 is 0 Å². The van der Waals surface area contributed by atoms with E-state index in [0.717, 1.165) is 11.3 Å². The molecule has 86 valence electrons. The van der Waals surface area contributed by atoms with Crippen molar-refractivity contribution in [3.63, 3.8) is 0 Å². The molecule has 1 aromatic heterocycles. The van der Waals surface area contributed by atoms with E-state index in [1.165, 1.54) is 5.56 Å². The monoisotopic (exact) mass is 224 g/mol. The van der Waals surface area contributed by atoms with Gasteiger partial charge in [0.1, 0.15) is 0 Å². The van der Waals surface area contributed by atoms with E-state index in [1.54, 1.807) is 12.4 Å². The minimum absolute atomic E-state index is 0.487. The lowest BCUT2D eigenvalue weighted by Gasteiger charge is -2.08. The van der Waals surface area contributed by atoms with E-state index in [2.05, 4.69) is 36.0 Å². The normalized spacial score (nSPS) is 11.2. The van der Waals surface area contributed by atoms with Gasteiger partial charge in [-0.15, -0.1) is 0 Å². The van der Waals surface area contributed by atoms with Gasteiger partial charge >= 0.3 is 0 Å². The second kappa shape index (κ2) is 5.39. The van der Waals surface area contributed by atoms with E-state index in [4.69, 9.17) is 0 Å². The van der Waals surface area contributed by atoms with Crippen LogP contribution in [0.3, 0.4) is 0 Å². The molecule has 0 bridgehead atoms. The van der Waals surface area contributed by atoms with Crippen molar-refractivity contribution in [2.75, 3.05) is 0 Å². The third kappa shape index (κ3) is 3.00. The minimum atomic E-state index is 0.487. The molecule has 2 heteroatoms. The lowest BCUT2D eigenvalue weighted by molar-refractivity contribution is 0.867. The standard InChI is InChI=1S/C15H16N2/c1-12(2)14-5-3-4-6-15(14)17-11-13-7-9-16-10-8-13/h3-12H,1-2H3. The molecule has 0 spiro atoms. The van der Waals surface area contributed by atoms with Gasteiger partial charge in [0.05, 0.1) is 5.69 Å². The lowest BCUT2D eigenvalue weighted by Crippen LogP contribution is -1.88. The van der Waals surface area contributed by atoms with Gasteiger partial charge in [0.15, 0.2) is 0 Å². The highest BCUT2D eigenvalue weighted by molar-refractivity contribution is 5.82. The van der Waals surface area contributed by atoms with Crippen LogP contribution in [0.1, 0.15) is 30.9 Å². The van der Waals surface area contributed by atoms with Gasteiger partial charge in [0.25, 0.3) is 0 Å². The molecule has 0 amide bonds. The molecule has 2 aromatic rings. The number of rotatable bonds is 3. The average molecular weight is 224 g/mol. The Hall–Kier alpha value is -1.96. The Morgan fingerprint density at radius 3 is 2.47 bits per heavy atom. The zero-order valence-electron chi connectivity index (χ0n) is 10.2. The summed E-state index contributed by atoms with van der Waals surface area (Å²) < 4.78 is 0. The Morgan fingerprint density at radius 1 is 1.06 bits per heavy atom. The van der Waals surface area contributed by atoms with E-state index in [0.29, 0.717) is 5.92 Å². The Labute approximate surface area is 102 Å². The molecule has 0 aliphatic rings. The fraction of sp³-hybridized carbons (Fsp3) is 0.200. The van der Waals surface area contributed by atoms with Gasteiger partial charge in [-0.05, 0) is 35.2 Å². The van der Waals surface area contributed by atoms with Crippen molar-refractivity contribution in [3.05, 3.63) is 59.9 Å². The molecular weight excluding hydrogens is 208 g/mol. The fourth-order valence-electron chi connectivity index (χ4n) is 1.69. The van der Waals surface area contributed by atoms with Gasteiger partial charge in [-0.3, -0.25) is 9.98 Å². The van der Waals surface area contributed by atoms with Crippen LogP contribution in [0.4, 0.5) is 5.69 Å². The molecule has 0 unspecified atom stereocenters. The Balaban J connectivity index is 2.27. The predicted octanol–water partition coefficient (Wildman–Crippen LogP) is 3.96. The lowest BCUT2D eigenvalue weighted by atomic mass is 10.0. The molecule has 1 heterocycles. The number of pyridine rings is 1. The van der Waals surface area contributed by atoms with Crippen LogP contribution in [0, 0.1) is 0 Å². The molecule has 0 aliphatic heterocycles. The highest BCUT2D eigenvalue weighted by Gasteiger charge is 2.03. The van der Waals surface area contributed by atoms with E-state index in [-0.39, 0.29) is 0 Å². The molecule has 0 fully saturated rings. The van der Waals surface area contributed by atoms with Crippen LogP contribution in [0.5, 0.6) is 0 Å². The zero-order chi connectivity index (χ0) is 12.1. The molecule has 0 saturated heterocycles. The number of aliphatic imine (C=N–C) groups is 1. The van der Waals surface area contributed by atoms with Crippen molar-refractivity contribution >= 4 is 11.9 Å². The Bertz CT molecular complexity index is 501. The van der Waals surface area contributed by atoms with Crippen molar-refractivity contribution in [1.29, 1.82) is 0 Å². The van der Waals surface area contributed by atoms with Crippen LogP contribution in [0.25, 0.3) is 0 Å². The molecule has 0 saturated carbocycles. The third-order valence-corrected chi connectivity index (χ3v) is 2.62. The first kappa shape index (κ1) is 11.5. The summed E-state index contributed by atoms with van der Waals surface area (Å²) in [6.45, 7) is 4.36. The maximum atomic E-state index is 4.54. The summed E-state index contributed by atoms with van der Waals surface area (Å²) in [5, 5.41) is 0. The van der Waals surface area contributed by atoms with Crippen LogP contribution in [0.2, 0.25) is 0 Å². The highest BCUT2D eigenvalue weighted by Crippen LogP contribution is 2.25. The zero-order valence-corrected chi connectivity index (χ0v) is 10.2. The predicted molar refractivity (Wildman–Crippen MR) is 72.0 cm³/mol. The Kier molecular flexibility index (Phi) is 3.66. The number of para-hydroxylation sites is 1. The van der Waals surface area contributed by atoms with Gasteiger partial charge in [0.2, 0.25) is 0 Å². The molecular formula is C15H16N2. The quantitative estimate of drug-likeness (QED) is 0.724. The Morgan fingerprint density at radius 2 is 1.76 bits per heavy atom. The number of nitrogens with zero attached hydrogens (tertiary/aromatic N) is 2. The second-order valence-electron chi connectivity index (χ2n) is 4.25. The van der Waals surface area contributed by atoms with Crippen LogP contribution >= 0.6 is 0 Å². The fourth-order valence-corrected chi connectivity index (χ4v) is 1.69. The smallest absolute Gasteiger partial charge is 0.0664 e. The summed E-state index contributed by atoms with van der Waals surface area (Å²) in [5.41, 5.74) is 3.38. The van der Waals surface area contributed by atoms with Crippen LogP contribution in [-0.4, -0.2) is 11.2 Å². The molecule has 0 radical (unpaired) electrons. The maximum absolute atomic E-state index is 4.54. The number of hydrogen-bond acceptors (Lipinski definition) is 2. The van der Waals surface area contributed by atoms with Gasteiger partial charge in [-0.25, -0.2) is 0 Å². The molecule has 1 aromatic carbocycles. The van der Waals surface area contributed by atoms with E-state index < -0.39 is 0 Å². The van der Waals surface area contributed by atoms with Gasteiger partial charge in [-0.1, -0.05) is 32.0 Å². The second-order valence-corrected chi connectivity index (χ2v) is 4.25. The van der Waals surface area contributed by atoms with Crippen molar-refractivity contribution in [2.24, 2.45) is 4.99 Å². The van der Waals surface area contributed by atoms with Crippen molar-refractivity contribution < 1.29 is 0 Å². The molecule has 0 aliphatic carbocycles. The summed E-state index contributed by atoms with van der Waals surface area (Å²) in [7, 11) is 0. The number of aromatic nitrogens is 1. The van der Waals surface area contributed by atoms with Crippen molar-refractivity contribution in [3.8, 4) is 0 Å². The largest absolute Gasteiger partial charge is 0.265 e. The van der Waals surface area contributed by atoms with Crippen molar-refractivity contribution in [2.45, 2.75) is 19.8 Å². The first-order valence-electron chi connectivity index (χ1n) is 5.80.